The van der Waals surface area contributed by atoms with Gasteiger partial charge in [0.05, 0.1) is 5.92 Å². The summed E-state index contributed by atoms with van der Waals surface area (Å²) in [6.45, 7) is 2.99. The normalized spacial score (nSPS) is 26.6. The minimum atomic E-state index is -0.806. The highest BCUT2D eigenvalue weighted by molar-refractivity contribution is 5.90. The van der Waals surface area contributed by atoms with Crippen molar-refractivity contribution < 1.29 is 24.3 Å². The van der Waals surface area contributed by atoms with Gasteiger partial charge >= 0.3 is 6.09 Å². The van der Waals surface area contributed by atoms with Gasteiger partial charge in [0.25, 0.3) is 0 Å². The Bertz CT molecular complexity index is 866. The molecule has 3 unspecified atom stereocenters. The van der Waals surface area contributed by atoms with E-state index in [-0.39, 0.29) is 18.4 Å². The number of rotatable bonds is 4. The van der Waals surface area contributed by atoms with Gasteiger partial charge < -0.3 is 14.5 Å². The van der Waals surface area contributed by atoms with Crippen LogP contribution in [0, 0.1) is 5.92 Å². The molecule has 3 aliphatic rings. The summed E-state index contributed by atoms with van der Waals surface area (Å²) < 4.78 is 5.78. The lowest BCUT2D eigenvalue weighted by atomic mass is 9.85. The van der Waals surface area contributed by atoms with E-state index < -0.39 is 24.0 Å². The minimum absolute atomic E-state index is 0.107. The van der Waals surface area contributed by atoms with Crippen molar-refractivity contribution in [2.24, 2.45) is 5.92 Å². The summed E-state index contributed by atoms with van der Waals surface area (Å²) in [5, 5.41) is 9.39. The third kappa shape index (κ3) is 6.13. The average Bonchev–Trinajstić information content (AvgIpc) is 3.18. The Morgan fingerprint density at radius 1 is 0.943 bits per heavy atom. The van der Waals surface area contributed by atoms with Gasteiger partial charge in [-0.3, -0.25) is 19.7 Å². The maximum absolute atomic E-state index is 13.6. The summed E-state index contributed by atoms with van der Waals surface area (Å²) in [7, 11) is 1.78. The minimum Gasteiger partial charge on any atom is -0.445 e. The standard InChI is InChI=1S/C26H38N4O5/c1-28-18-21(35-26(33)30-13-7-2-3-8-14-30)17-22(24(31)27-34)23(28)25(32)29-15-11-20(12-16-29)19-9-5-4-6-10-19/h4-6,9-10,20-23,34H,2-3,7-8,11-18H2,1H3,(H,27,31). The van der Waals surface area contributed by atoms with E-state index >= 15 is 0 Å². The Hall–Kier alpha value is -2.65. The molecule has 192 valence electrons. The van der Waals surface area contributed by atoms with Crippen molar-refractivity contribution >= 4 is 17.9 Å². The molecule has 9 nitrogen and oxygen atoms in total. The van der Waals surface area contributed by atoms with E-state index in [1.807, 2.05) is 23.1 Å². The van der Waals surface area contributed by atoms with Crippen molar-refractivity contribution in [3.63, 3.8) is 0 Å². The first-order chi connectivity index (χ1) is 17.0. The molecule has 3 saturated heterocycles. The molecule has 9 heteroatoms. The smallest absolute Gasteiger partial charge is 0.410 e. The second-order valence-electron chi connectivity index (χ2n) is 10.1. The van der Waals surface area contributed by atoms with Crippen molar-refractivity contribution in [3.8, 4) is 0 Å². The van der Waals surface area contributed by atoms with Crippen LogP contribution in [0.2, 0.25) is 0 Å². The third-order valence-electron chi connectivity index (χ3n) is 7.77. The summed E-state index contributed by atoms with van der Waals surface area (Å²) in [6.07, 6.45) is 5.22. The molecule has 35 heavy (non-hydrogen) atoms. The molecule has 1 aromatic rings. The Morgan fingerprint density at radius 2 is 1.60 bits per heavy atom. The molecule has 4 rings (SSSR count). The first-order valence-corrected chi connectivity index (χ1v) is 12.9. The largest absolute Gasteiger partial charge is 0.445 e. The highest BCUT2D eigenvalue weighted by Crippen LogP contribution is 2.31. The molecule has 3 heterocycles. The molecule has 3 fully saturated rings. The molecule has 2 N–H and O–H groups in total. The second-order valence-corrected chi connectivity index (χ2v) is 10.1. The number of likely N-dealkylation sites (N-methyl/N-ethyl adjacent to an activating group) is 1. The Kier molecular flexibility index (Phi) is 8.62. The summed E-state index contributed by atoms with van der Waals surface area (Å²) in [5.74, 6) is -1.11. The van der Waals surface area contributed by atoms with Gasteiger partial charge in [-0.25, -0.2) is 10.3 Å². The average molecular weight is 487 g/mol. The van der Waals surface area contributed by atoms with E-state index in [9.17, 15) is 19.6 Å². The number of hydrogen-bond acceptors (Lipinski definition) is 6. The number of benzene rings is 1. The van der Waals surface area contributed by atoms with Crippen LogP contribution in [0.15, 0.2) is 30.3 Å². The van der Waals surface area contributed by atoms with Crippen molar-refractivity contribution in [1.82, 2.24) is 20.2 Å². The van der Waals surface area contributed by atoms with E-state index in [2.05, 4.69) is 12.1 Å². The summed E-state index contributed by atoms with van der Waals surface area (Å²) >= 11 is 0. The number of hydrogen-bond donors (Lipinski definition) is 2. The maximum Gasteiger partial charge on any atom is 0.410 e. The number of amides is 3. The molecule has 0 radical (unpaired) electrons. The fourth-order valence-corrected chi connectivity index (χ4v) is 5.82. The monoisotopic (exact) mass is 486 g/mol. The molecule has 3 aliphatic heterocycles. The molecule has 1 aromatic carbocycles. The molecule has 0 saturated carbocycles. The van der Waals surface area contributed by atoms with Crippen LogP contribution in [-0.2, 0) is 14.3 Å². The van der Waals surface area contributed by atoms with Gasteiger partial charge in [0, 0.05) is 32.7 Å². The fraction of sp³-hybridized carbons (Fsp3) is 0.654. The molecular formula is C26H38N4O5. The van der Waals surface area contributed by atoms with Crippen molar-refractivity contribution in [2.45, 2.75) is 63.0 Å². The summed E-state index contributed by atoms with van der Waals surface area (Å²) in [6, 6.07) is 9.64. The molecule has 0 aliphatic carbocycles. The fourth-order valence-electron chi connectivity index (χ4n) is 5.82. The van der Waals surface area contributed by atoms with Crippen LogP contribution in [-0.4, -0.2) is 89.7 Å². The van der Waals surface area contributed by atoms with E-state index in [4.69, 9.17) is 4.74 Å². The first-order valence-electron chi connectivity index (χ1n) is 12.9. The topological polar surface area (TPSA) is 102 Å². The third-order valence-corrected chi connectivity index (χ3v) is 7.77. The zero-order valence-electron chi connectivity index (χ0n) is 20.6. The number of piperidine rings is 2. The lowest BCUT2D eigenvalue weighted by Gasteiger charge is -2.43. The lowest BCUT2D eigenvalue weighted by Crippen LogP contribution is -2.61. The predicted molar refractivity (Wildman–Crippen MR) is 130 cm³/mol. The van der Waals surface area contributed by atoms with Crippen LogP contribution in [0.3, 0.4) is 0 Å². The van der Waals surface area contributed by atoms with Crippen LogP contribution < -0.4 is 5.48 Å². The van der Waals surface area contributed by atoms with Crippen LogP contribution in [0.1, 0.15) is 56.4 Å². The van der Waals surface area contributed by atoms with Crippen LogP contribution in [0.25, 0.3) is 0 Å². The van der Waals surface area contributed by atoms with Gasteiger partial charge in [0.15, 0.2) is 0 Å². The highest BCUT2D eigenvalue weighted by Gasteiger charge is 2.46. The van der Waals surface area contributed by atoms with E-state index in [1.54, 1.807) is 22.3 Å². The number of likely N-dealkylation sites (tertiary alicyclic amines) is 3. The molecule has 3 atom stereocenters. The molecule has 0 bridgehead atoms. The van der Waals surface area contributed by atoms with Crippen LogP contribution in [0.4, 0.5) is 4.79 Å². The Balaban J connectivity index is 1.38. The van der Waals surface area contributed by atoms with Gasteiger partial charge in [-0.05, 0) is 50.6 Å². The molecule has 3 amide bonds. The van der Waals surface area contributed by atoms with Crippen molar-refractivity contribution in [3.05, 3.63) is 35.9 Å². The molecular weight excluding hydrogens is 448 g/mol. The van der Waals surface area contributed by atoms with Crippen molar-refractivity contribution in [1.29, 1.82) is 0 Å². The van der Waals surface area contributed by atoms with E-state index in [0.717, 1.165) is 38.5 Å². The highest BCUT2D eigenvalue weighted by atomic mass is 16.6. The number of hydroxylamine groups is 1. The molecule has 0 spiro atoms. The van der Waals surface area contributed by atoms with E-state index in [1.165, 1.54) is 5.56 Å². The zero-order chi connectivity index (χ0) is 24.8. The Morgan fingerprint density at radius 3 is 2.23 bits per heavy atom. The number of ether oxygens (including phenoxy) is 1. The number of nitrogens with zero attached hydrogens (tertiary/aromatic N) is 3. The van der Waals surface area contributed by atoms with Gasteiger partial charge in [0.2, 0.25) is 11.8 Å². The molecule has 0 aromatic heterocycles. The number of carbonyl (C=O) groups excluding carboxylic acids is 3. The quantitative estimate of drug-likeness (QED) is 0.501. The number of nitrogens with one attached hydrogen (secondary N) is 1. The zero-order valence-corrected chi connectivity index (χ0v) is 20.6. The lowest BCUT2D eigenvalue weighted by molar-refractivity contribution is -0.152. The number of carbonyl (C=O) groups is 3. The first kappa shape index (κ1) is 25.4. The maximum atomic E-state index is 13.6. The second kappa shape index (κ2) is 11.9. The van der Waals surface area contributed by atoms with Gasteiger partial charge in [-0.2, -0.15) is 0 Å². The van der Waals surface area contributed by atoms with Gasteiger partial charge in [-0.1, -0.05) is 43.2 Å². The Labute approximate surface area is 207 Å². The summed E-state index contributed by atoms with van der Waals surface area (Å²) in [5.41, 5.74) is 3.02. The van der Waals surface area contributed by atoms with Crippen LogP contribution >= 0.6 is 0 Å². The van der Waals surface area contributed by atoms with Gasteiger partial charge in [0.1, 0.15) is 12.1 Å². The predicted octanol–water partition coefficient (Wildman–Crippen LogP) is 2.60. The van der Waals surface area contributed by atoms with Crippen molar-refractivity contribution in [2.75, 3.05) is 39.8 Å². The SMILES string of the molecule is CN1CC(OC(=O)N2CCCCCC2)CC(C(=O)NO)C1C(=O)N1CCC(c2ccccc2)CC1. The summed E-state index contributed by atoms with van der Waals surface area (Å²) in [4.78, 5) is 44.3. The van der Waals surface area contributed by atoms with Gasteiger partial charge in [-0.15, -0.1) is 0 Å². The van der Waals surface area contributed by atoms with Crippen LogP contribution in [0.5, 0.6) is 0 Å². The van der Waals surface area contributed by atoms with E-state index in [0.29, 0.717) is 38.6 Å².